The van der Waals surface area contributed by atoms with Gasteiger partial charge < -0.3 is 10.2 Å². The number of amides is 2. The minimum Gasteiger partial charge on any atom is -0.354 e. The summed E-state index contributed by atoms with van der Waals surface area (Å²) in [7, 11) is -3.55. The molecule has 0 unspecified atom stereocenters. The van der Waals surface area contributed by atoms with Crippen molar-refractivity contribution in [1.82, 2.24) is 10.2 Å². The van der Waals surface area contributed by atoms with Gasteiger partial charge in [0.05, 0.1) is 11.9 Å². The lowest BCUT2D eigenvalue weighted by Crippen LogP contribution is -2.49. The summed E-state index contributed by atoms with van der Waals surface area (Å²) in [6.07, 6.45) is 3.67. The number of nitrogens with zero attached hydrogens (tertiary/aromatic N) is 2. The predicted octanol–water partition coefficient (Wildman–Crippen LogP) is 5.57. The fraction of sp³-hybridized carbons (Fsp3) is 0.481. The smallest absolute Gasteiger partial charge is 0.242 e. The van der Waals surface area contributed by atoms with Crippen LogP contribution in [0.3, 0.4) is 0 Å². The third kappa shape index (κ3) is 9.20. The molecule has 7 nitrogen and oxygen atoms in total. The van der Waals surface area contributed by atoms with Crippen molar-refractivity contribution in [3.8, 4) is 0 Å². The molecular weight excluding hydrogens is 533 g/mol. The Bertz CT molecular complexity index is 1150. The molecule has 0 bridgehead atoms. The molecule has 0 aliphatic heterocycles. The van der Waals surface area contributed by atoms with Crippen LogP contribution in [-0.2, 0) is 26.2 Å². The van der Waals surface area contributed by atoms with Gasteiger partial charge in [0.15, 0.2) is 0 Å². The second kappa shape index (κ2) is 14.6. The van der Waals surface area contributed by atoms with Crippen LogP contribution in [0, 0.1) is 6.92 Å². The quantitative estimate of drug-likeness (QED) is 0.301. The molecule has 0 saturated carbocycles. The van der Waals surface area contributed by atoms with Crippen molar-refractivity contribution >= 4 is 50.7 Å². The van der Waals surface area contributed by atoms with E-state index >= 15 is 0 Å². The standard InChI is InChI=1S/C27H37Cl2N3O4S/c1-5-7-16-30-27(34)25(6-2)31(19-22-23(28)13-9-14-24(22)29)26(33)15-10-17-32(37(4,35)36)21-12-8-11-20(3)18-21/h8-9,11-14,18,25H,5-7,10,15-17,19H2,1-4H3,(H,30,34)/t25-/m0/s1. The summed E-state index contributed by atoms with van der Waals surface area (Å²) in [5.41, 5.74) is 2.05. The molecule has 2 amide bonds. The van der Waals surface area contributed by atoms with Crippen molar-refractivity contribution in [3.05, 3.63) is 63.6 Å². The summed E-state index contributed by atoms with van der Waals surface area (Å²) in [4.78, 5) is 28.1. The van der Waals surface area contributed by atoms with Crippen LogP contribution in [0.2, 0.25) is 10.0 Å². The number of nitrogens with one attached hydrogen (secondary N) is 1. The highest BCUT2D eigenvalue weighted by atomic mass is 35.5. The van der Waals surface area contributed by atoms with Crippen molar-refractivity contribution in [2.45, 2.75) is 65.5 Å². The summed E-state index contributed by atoms with van der Waals surface area (Å²) in [6, 6.07) is 11.6. The Hall–Kier alpha value is -2.29. The number of benzene rings is 2. The normalized spacial score (nSPS) is 12.2. The first-order valence-corrected chi connectivity index (χ1v) is 15.1. The molecule has 0 fully saturated rings. The minimum absolute atomic E-state index is 0.0542. The fourth-order valence-corrected chi connectivity index (χ4v) is 5.54. The highest BCUT2D eigenvalue weighted by Gasteiger charge is 2.29. The van der Waals surface area contributed by atoms with E-state index in [0.29, 0.717) is 34.3 Å². The first-order chi connectivity index (χ1) is 17.5. The number of hydrogen-bond acceptors (Lipinski definition) is 4. The van der Waals surface area contributed by atoms with Gasteiger partial charge >= 0.3 is 0 Å². The molecule has 0 aromatic heterocycles. The summed E-state index contributed by atoms with van der Waals surface area (Å²) in [5, 5.41) is 3.74. The van der Waals surface area contributed by atoms with Gasteiger partial charge in [-0.25, -0.2) is 8.42 Å². The van der Waals surface area contributed by atoms with E-state index in [1.807, 2.05) is 26.8 Å². The van der Waals surface area contributed by atoms with Crippen LogP contribution in [0.4, 0.5) is 5.69 Å². The molecule has 0 aliphatic rings. The number of halogens is 2. The zero-order valence-corrected chi connectivity index (χ0v) is 24.3. The number of aryl methyl sites for hydroxylation is 1. The van der Waals surface area contributed by atoms with Crippen molar-refractivity contribution in [2.24, 2.45) is 0 Å². The first-order valence-electron chi connectivity index (χ1n) is 12.5. The summed E-state index contributed by atoms with van der Waals surface area (Å²) in [5.74, 6) is -0.504. The Morgan fingerprint density at radius 1 is 1.03 bits per heavy atom. The van der Waals surface area contributed by atoms with Crippen LogP contribution in [-0.4, -0.2) is 50.5 Å². The Morgan fingerprint density at radius 2 is 1.68 bits per heavy atom. The second-order valence-corrected chi connectivity index (χ2v) is 11.8. The average Bonchev–Trinajstić information content (AvgIpc) is 2.82. The Labute approximate surface area is 231 Å². The van der Waals surface area contributed by atoms with Crippen LogP contribution >= 0.6 is 23.2 Å². The van der Waals surface area contributed by atoms with Crippen molar-refractivity contribution in [3.63, 3.8) is 0 Å². The summed E-state index contributed by atoms with van der Waals surface area (Å²) in [6.45, 7) is 6.51. The van der Waals surface area contributed by atoms with Gasteiger partial charge in [-0.3, -0.25) is 13.9 Å². The molecule has 37 heavy (non-hydrogen) atoms. The van der Waals surface area contributed by atoms with E-state index in [9.17, 15) is 18.0 Å². The number of carbonyl (C=O) groups is 2. The number of carbonyl (C=O) groups excluding carboxylic acids is 2. The summed E-state index contributed by atoms with van der Waals surface area (Å²) >= 11 is 12.8. The third-order valence-electron chi connectivity index (χ3n) is 6.05. The molecule has 0 radical (unpaired) electrons. The van der Waals surface area contributed by atoms with Gasteiger partial charge in [0.2, 0.25) is 21.8 Å². The number of anilines is 1. The SMILES string of the molecule is CCCCNC(=O)[C@H](CC)N(Cc1c(Cl)cccc1Cl)C(=O)CCCN(c1cccc(C)c1)S(C)(=O)=O. The molecule has 0 heterocycles. The molecule has 2 aromatic rings. The van der Waals surface area contributed by atoms with Gasteiger partial charge in [-0.05, 0) is 56.0 Å². The van der Waals surface area contributed by atoms with E-state index in [4.69, 9.17) is 23.2 Å². The van der Waals surface area contributed by atoms with E-state index < -0.39 is 16.1 Å². The average molecular weight is 571 g/mol. The van der Waals surface area contributed by atoms with Gasteiger partial charge in [-0.1, -0.05) is 61.7 Å². The van der Waals surface area contributed by atoms with Crippen LogP contribution in [0.1, 0.15) is 57.1 Å². The molecule has 0 spiro atoms. The largest absolute Gasteiger partial charge is 0.354 e. The van der Waals surface area contributed by atoms with Crippen molar-refractivity contribution in [1.29, 1.82) is 0 Å². The molecule has 0 aliphatic carbocycles. The van der Waals surface area contributed by atoms with E-state index in [1.54, 1.807) is 36.4 Å². The molecule has 10 heteroatoms. The number of hydrogen-bond donors (Lipinski definition) is 1. The molecule has 1 atom stereocenters. The molecular formula is C27H37Cl2N3O4S. The summed E-state index contributed by atoms with van der Waals surface area (Å²) < 4.78 is 26.3. The van der Waals surface area contributed by atoms with Crippen LogP contribution in [0.15, 0.2) is 42.5 Å². The molecule has 2 rings (SSSR count). The highest BCUT2D eigenvalue weighted by molar-refractivity contribution is 7.92. The molecule has 0 saturated heterocycles. The van der Waals surface area contributed by atoms with Gasteiger partial charge in [0, 0.05) is 41.7 Å². The zero-order chi connectivity index (χ0) is 27.6. The monoisotopic (exact) mass is 569 g/mol. The Balaban J connectivity index is 2.25. The van der Waals surface area contributed by atoms with E-state index in [2.05, 4.69) is 5.32 Å². The lowest BCUT2D eigenvalue weighted by molar-refractivity contribution is -0.141. The predicted molar refractivity (Wildman–Crippen MR) is 152 cm³/mol. The van der Waals surface area contributed by atoms with Gasteiger partial charge in [0.25, 0.3) is 0 Å². The molecule has 1 N–H and O–H groups in total. The lowest BCUT2D eigenvalue weighted by atomic mass is 10.1. The van der Waals surface area contributed by atoms with Crippen LogP contribution < -0.4 is 9.62 Å². The zero-order valence-electron chi connectivity index (χ0n) is 22.0. The van der Waals surface area contributed by atoms with E-state index in [0.717, 1.165) is 24.7 Å². The van der Waals surface area contributed by atoms with Crippen LogP contribution in [0.25, 0.3) is 0 Å². The maximum Gasteiger partial charge on any atom is 0.242 e. The second-order valence-electron chi connectivity index (χ2n) is 9.07. The van der Waals surface area contributed by atoms with E-state index in [1.165, 1.54) is 9.21 Å². The molecule has 204 valence electrons. The fourth-order valence-electron chi connectivity index (χ4n) is 4.07. The van der Waals surface area contributed by atoms with Crippen LogP contribution in [0.5, 0.6) is 0 Å². The van der Waals surface area contributed by atoms with Gasteiger partial charge in [0.1, 0.15) is 6.04 Å². The van der Waals surface area contributed by atoms with E-state index in [-0.39, 0.29) is 37.7 Å². The number of sulfonamides is 1. The van der Waals surface area contributed by atoms with Crippen molar-refractivity contribution in [2.75, 3.05) is 23.7 Å². The maximum atomic E-state index is 13.5. The lowest BCUT2D eigenvalue weighted by Gasteiger charge is -2.31. The Morgan fingerprint density at radius 3 is 2.24 bits per heavy atom. The first kappa shape index (κ1) is 30.9. The number of unbranched alkanes of at least 4 members (excludes halogenated alkanes) is 1. The van der Waals surface area contributed by atoms with Crippen molar-refractivity contribution < 1.29 is 18.0 Å². The third-order valence-corrected chi connectivity index (χ3v) is 7.95. The topological polar surface area (TPSA) is 86.8 Å². The minimum atomic E-state index is -3.55. The molecule has 2 aromatic carbocycles. The maximum absolute atomic E-state index is 13.5. The number of rotatable bonds is 14. The van der Waals surface area contributed by atoms with Gasteiger partial charge in [-0.15, -0.1) is 0 Å². The van der Waals surface area contributed by atoms with Gasteiger partial charge in [-0.2, -0.15) is 0 Å². The highest BCUT2D eigenvalue weighted by Crippen LogP contribution is 2.27. The Kier molecular flexibility index (Phi) is 12.2.